The molecule has 0 aliphatic heterocycles. The number of halogens is 1. The molecule has 31 heavy (non-hydrogen) atoms. The van der Waals surface area contributed by atoms with Crippen molar-refractivity contribution < 1.29 is 4.79 Å². The summed E-state index contributed by atoms with van der Waals surface area (Å²) in [5.74, 6) is -0.0620. The molecule has 1 N–H and O–H groups in total. The lowest BCUT2D eigenvalue weighted by molar-refractivity contribution is 0.0917. The van der Waals surface area contributed by atoms with Crippen LogP contribution in [0, 0.1) is 0 Å². The van der Waals surface area contributed by atoms with Crippen LogP contribution in [0.25, 0.3) is 28.1 Å². The molecular weight excluding hydrogens is 450 g/mol. The summed E-state index contributed by atoms with van der Waals surface area (Å²) >= 11 is 3.54. The van der Waals surface area contributed by atoms with Crippen molar-refractivity contribution in [3.63, 3.8) is 0 Å². The van der Waals surface area contributed by atoms with Gasteiger partial charge in [0.1, 0.15) is 0 Å². The molecule has 1 heterocycles. The number of carbonyl (C=O) groups excluding carboxylic acids is 1. The fourth-order valence-corrected chi connectivity index (χ4v) is 4.25. The van der Waals surface area contributed by atoms with E-state index in [0.29, 0.717) is 5.56 Å². The number of carbonyl (C=O) groups is 1. The predicted octanol–water partition coefficient (Wildman–Crippen LogP) is 6.25. The number of amides is 1. The van der Waals surface area contributed by atoms with Gasteiger partial charge in [-0.05, 0) is 48.6 Å². The second kappa shape index (κ2) is 8.52. The van der Waals surface area contributed by atoms with Gasteiger partial charge in [0.15, 0.2) is 0 Å². The smallest absolute Gasteiger partial charge is 0.255 e. The molecule has 1 amide bonds. The summed E-state index contributed by atoms with van der Waals surface area (Å²) in [6, 6.07) is 26.8. The molecule has 1 aliphatic rings. The third-order valence-electron chi connectivity index (χ3n) is 5.77. The molecule has 5 rings (SSSR count). The van der Waals surface area contributed by atoms with E-state index in [1.807, 2.05) is 47.1 Å². The number of hydrogen-bond acceptors (Lipinski definition) is 2. The van der Waals surface area contributed by atoms with Gasteiger partial charge in [-0.3, -0.25) is 4.79 Å². The number of nitrogens with one attached hydrogen (secondary N) is 1. The summed E-state index contributed by atoms with van der Waals surface area (Å²) in [4.78, 5) is 13.1. The maximum atomic E-state index is 13.1. The molecule has 154 valence electrons. The summed E-state index contributed by atoms with van der Waals surface area (Å²) in [6.45, 7) is 0. The Hall–Kier alpha value is -3.18. The Labute approximate surface area is 190 Å². The Morgan fingerprint density at radius 2 is 1.61 bits per heavy atom. The quantitative estimate of drug-likeness (QED) is 0.373. The van der Waals surface area contributed by atoms with E-state index >= 15 is 0 Å². The van der Waals surface area contributed by atoms with Crippen molar-refractivity contribution in [2.75, 3.05) is 0 Å². The normalized spacial score (nSPS) is 13.6. The summed E-state index contributed by atoms with van der Waals surface area (Å²) in [7, 11) is 0. The molecule has 1 fully saturated rings. The van der Waals surface area contributed by atoms with Gasteiger partial charge in [-0.1, -0.05) is 76.6 Å². The number of benzene rings is 3. The molecule has 5 heteroatoms. The number of aromatic nitrogens is 2. The van der Waals surface area contributed by atoms with Crippen molar-refractivity contribution in [1.29, 1.82) is 0 Å². The van der Waals surface area contributed by atoms with E-state index in [0.717, 1.165) is 45.4 Å². The molecule has 0 spiro atoms. The van der Waals surface area contributed by atoms with Crippen molar-refractivity contribution in [1.82, 2.24) is 15.1 Å². The minimum absolute atomic E-state index is 0.0620. The topological polar surface area (TPSA) is 46.9 Å². The van der Waals surface area contributed by atoms with Crippen LogP contribution < -0.4 is 5.32 Å². The lowest BCUT2D eigenvalue weighted by Gasteiger charge is -2.26. The Bertz CT molecular complexity index is 1210. The average Bonchev–Trinajstić information content (AvgIpc) is 3.22. The van der Waals surface area contributed by atoms with Crippen molar-refractivity contribution in [2.45, 2.75) is 25.3 Å². The SMILES string of the molecule is O=C(NC1CCC1)c1cnn(-c2cccc(Br)c2)c1-c1ccc(-c2ccccc2)cc1. The maximum Gasteiger partial charge on any atom is 0.255 e. The highest BCUT2D eigenvalue weighted by molar-refractivity contribution is 9.10. The first-order valence-corrected chi connectivity index (χ1v) is 11.3. The van der Waals surface area contributed by atoms with E-state index in [1.165, 1.54) is 6.42 Å². The van der Waals surface area contributed by atoms with Crippen LogP contribution in [0.3, 0.4) is 0 Å². The van der Waals surface area contributed by atoms with Crippen molar-refractivity contribution >= 4 is 21.8 Å². The van der Waals surface area contributed by atoms with Crippen LogP contribution in [0.15, 0.2) is 89.5 Å². The molecule has 4 aromatic rings. The highest BCUT2D eigenvalue weighted by Crippen LogP contribution is 2.30. The summed E-state index contributed by atoms with van der Waals surface area (Å²) in [6.07, 6.45) is 4.95. The first-order chi connectivity index (χ1) is 15.2. The van der Waals surface area contributed by atoms with E-state index < -0.39 is 0 Å². The van der Waals surface area contributed by atoms with Gasteiger partial charge in [0.2, 0.25) is 0 Å². The van der Waals surface area contributed by atoms with Crippen molar-refractivity contribution in [3.05, 3.63) is 95.1 Å². The molecule has 1 saturated carbocycles. The van der Waals surface area contributed by atoms with Gasteiger partial charge in [-0.25, -0.2) is 4.68 Å². The number of nitrogens with zero attached hydrogens (tertiary/aromatic N) is 2. The molecule has 4 nitrogen and oxygen atoms in total. The monoisotopic (exact) mass is 471 g/mol. The second-order valence-corrected chi connectivity index (χ2v) is 8.76. The minimum atomic E-state index is -0.0620. The first kappa shape index (κ1) is 19.8. The van der Waals surface area contributed by atoms with Gasteiger partial charge < -0.3 is 5.32 Å². The van der Waals surface area contributed by atoms with Crippen molar-refractivity contribution in [2.24, 2.45) is 0 Å². The van der Waals surface area contributed by atoms with Crippen LogP contribution in [0.1, 0.15) is 29.6 Å². The molecule has 0 atom stereocenters. The fraction of sp³-hybridized carbons (Fsp3) is 0.154. The molecule has 0 saturated heterocycles. The van der Waals surface area contributed by atoms with E-state index in [4.69, 9.17) is 0 Å². The average molecular weight is 472 g/mol. The molecule has 1 aromatic heterocycles. The van der Waals surface area contributed by atoms with Crippen LogP contribution in [-0.2, 0) is 0 Å². The highest BCUT2D eigenvalue weighted by atomic mass is 79.9. The highest BCUT2D eigenvalue weighted by Gasteiger charge is 2.25. The molecule has 0 unspecified atom stereocenters. The standard InChI is InChI=1S/C26H22BrN3O/c27-21-8-4-11-23(16-21)30-25(24(17-28-30)26(31)29-22-9-5-10-22)20-14-12-19(13-15-20)18-6-2-1-3-7-18/h1-4,6-8,11-17,22H,5,9-10H2,(H,29,31). The van der Waals surface area contributed by atoms with Gasteiger partial charge in [-0.15, -0.1) is 0 Å². The van der Waals surface area contributed by atoms with E-state index in [1.54, 1.807) is 6.20 Å². The molecular formula is C26H22BrN3O. The summed E-state index contributed by atoms with van der Waals surface area (Å²) in [5, 5.41) is 7.75. The van der Waals surface area contributed by atoms with Gasteiger partial charge >= 0.3 is 0 Å². The third-order valence-corrected chi connectivity index (χ3v) is 6.27. The lowest BCUT2D eigenvalue weighted by atomic mass is 9.93. The molecule has 0 bridgehead atoms. The van der Waals surface area contributed by atoms with Crippen LogP contribution in [0.5, 0.6) is 0 Å². The van der Waals surface area contributed by atoms with E-state index in [-0.39, 0.29) is 11.9 Å². The van der Waals surface area contributed by atoms with Gasteiger partial charge in [0.25, 0.3) is 5.91 Å². The summed E-state index contributed by atoms with van der Waals surface area (Å²) in [5.41, 5.74) is 5.56. The number of rotatable bonds is 5. The van der Waals surface area contributed by atoms with Crippen LogP contribution in [-0.4, -0.2) is 21.7 Å². The number of hydrogen-bond donors (Lipinski definition) is 1. The van der Waals surface area contributed by atoms with Crippen LogP contribution in [0.4, 0.5) is 0 Å². The third kappa shape index (κ3) is 4.06. The molecule has 1 aliphatic carbocycles. The van der Waals surface area contributed by atoms with Crippen LogP contribution in [0.2, 0.25) is 0 Å². The zero-order valence-electron chi connectivity index (χ0n) is 17.0. The zero-order valence-corrected chi connectivity index (χ0v) is 18.5. The van der Waals surface area contributed by atoms with E-state index in [2.05, 4.69) is 62.7 Å². The zero-order chi connectivity index (χ0) is 21.2. The predicted molar refractivity (Wildman–Crippen MR) is 127 cm³/mol. The van der Waals surface area contributed by atoms with E-state index in [9.17, 15) is 4.79 Å². The van der Waals surface area contributed by atoms with Gasteiger partial charge in [0.05, 0.1) is 23.1 Å². The Morgan fingerprint density at radius 1 is 0.903 bits per heavy atom. The Kier molecular flexibility index (Phi) is 5.43. The molecule has 3 aromatic carbocycles. The first-order valence-electron chi connectivity index (χ1n) is 10.5. The Balaban J connectivity index is 1.57. The Morgan fingerprint density at radius 3 is 2.29 bits per heavy atom. The maximum absolute atomic E-state index is 13.1. The summed E-state index contributed by atoms with van der Waals surface area (Å²) < 4.78 is 2.81. The van der Waals surface area contributed by atoms with Gasteiger partial charge in [-0.2, -0.15) is 5.10 Å². The largest absolute Gasteiger partial charge is 0.349 e. The fourth-order valence-electron chi connectivity index (χ4n) is 3.86. The molecule has 0 radical (unpaired) electrons. The van der Waals surface area contributed by atoms with Crippen LogP contribution >= 0.6 is 15.9 Å². The second-order valence-electron chi connectivity index (χ2n) is 7.84. The van der Waals surface area contributed by atoms with Gasteiger partial charge in [0, 0.05) is 16.1 Å². The minimum Gasteiger partial charge on any atom is -0.349 e. The lowest BCUT2D eigenvalue weighted by Crippen LogP contribution is -2.39. The van der Waals surface area contributed by atoms with Crippen molar-refractivity contribution in [3.8, 4) is 28.1 Å².